The highest BCUT2D eigenvalue weighted by molar-refractivity contribution is 5.85. The predicted molar refractivity (Wildman–Crippen MR) is 90.0 cm³/mol. The number of likely N-dealkylation sites (N-methyl/N-ethyl adjacent to an activating group) is 1. The monoisotopic (exact) mass is 339 g/mol. The van der Waals surface area contributed by atoms with E-state index in [0.29, 0.717) is 18.6 Å². The Kier molecular flexibility index (Phi) is 5.79. The summed E-state index contributed by atoms with van der Waals surface area (Å²) < 4.78 is 2.86. The molecule has 1 N–H and O–H groups in total. The molecule has 1 atom stereocenters. The number of carbonyl (C=O) groups is 1. The molecule has 0 spiro atoms. The number of nitrogens with one attached hydrogen (secondary N) is 1. The summed E-state index contributed by atoms with van der Waals surface area (Å²) in [5, 5.41) is 7.38. The maximum Gasteiger partial charge on any atom is 0.350 e. The first kappa shape index (κ1) is 17.5. The number of amides is 1. The first-order valence-electron chi connectivity index (χ1n) is 7.69. The minimum Gasteiger partial charge on any atom is -0.338 e. The molecule has 1 unspecified atom stereocenters. The Bertz CT molecular complexity index is 726. The van der Waals surface area contributed by atoms with Crippen molar-refractivity contribution < 1.29 is 4.79 Å². The number of aryl methyl sites for hydroxylation is 1. The normalized spacial score (nSPS) is 17.4. The Morgan fingerprint density at radius 2 is 2.26 bits per heavy atom. The van der Waals surface area contributed by atoms with Crippen molar-refractivity contribution in [1.29, 1.82) is 0 Å². The Labute approximate surface area is 140 Å². The van der Waals surface area contributed by atoms with Crippen LogP contribution in [-0.2, 0) is 11.3 Å². The molecule has 0 radical (unpaired) electrons. The van der Waals surface area contributed by atoms with E-state index in [1.54, 1.807) is 18.3 Å². The van der Waals surface area contributed by atoms with Crippen LogP contribution in [0.5, 0.6) is 0 Å². The van der Waals surface area contributed by atoms with Crippen molar-refractivity contribution in [2.24, 2.45) is 0 Å². The van der Waals surface area contributed by atoms with Crippen molar-refractivity contribution in [1.82, 2.24) is 24.4 Å². The Morgan fingerprint density at radius 3 is 3.00 bits per heavy atom. The van der Waals surface area contributed by atoms with Gasteiger partial charge in [-0.15, -0.1) is 17.5 Å². The fourth-order valence-electron chi connectivity index (χ4n) is 3.07. The quantitative estimate of drug-likeness (QED) is 0.862. The van der Waals surface area contributed by atoms with Gasteiger partial charge in [0, 0.05) is 31.7 Å². The van der Waals surface area contributed by atoms with E-state index in [1.165, 1.54) is 9.08 Å². The molecule has 1 aliphatic heterocycles. The van der Waals surface area contributed by atoms with Crippen LogP contribution in [0.3, 0.4) is 0 Å². The third-order valence-electron chi connectivity index (χ3n) is 4.16. The van der Waals surface area contributed by atoms with Crippen LogP contribution in [0.4, 0.5) is 0 Å². The number of nitrogens with zero attached hydrogens (tertiary/aromatic N) is 4. The summed E-state index contributed by atoms with van der Waals surface area (Å²) in [5.41, 5.74) is 0.408. The maximum atomic E-state index is 12.4. The van der Waals surface area contributed by atoms with Gasteiger partial charge in [-0.25, -0.2) is 9.48 Å². The Morgan fingerprint density at radius 1 is 1.43 bits per heavy atom. The molecule has 7 nitrogen and oxygen atoms in total. The molecule has 23 heavy (non-hydrogen) atoms. The molecule has 0 aromatic carbocycles. The summed E-state index contributed by atoms with van der Waals surface area (Å²) in [7, 11) is 1.90. The maximum absolute atomic E-state index is 12.4. The van der Waals surface area contributed by atoms with Gasteiger partial charge in [0.25, 0.3) is 0 Å². The zero-order valence-electron chi connectivity index (χ0n) is 13.1. The smallest absolute Gasteiger partial charge is 0.338 e. The minimum atomic E-state index is -0.198. The van der Waals surface area contributed by atoms with Crippen LogP contribution in [0.15, 0.2) is 29.2 Å². The lowest BCUT2D eigenvalue weighted by molar-refractivity contribution is -0.132. The van der Waals surface area contributed by atoms with E-state index in [4.69, 9.17) is 0 Å². The number of carbonyl (C=O) groups excluding carboxylic acids is 1. The molecule has 3 heterocycles. The molecule has 1 saturated heterocycles. The lowest BCUT2D eigenvalue weighted by Gasteiger charge is -2.24. The summed E-state index contributed by atoms with van der Waals surface area (Å²) in [4.78, 5) is 26.5. The van der Waals surface area contributed by atoms with Crippen molar-refractivity contribution in [3.05, 3.63) is 34.9 Å². The molecular formula is C15H22ClN5O2. The molecule has 0 aliphatic carbocycles. The van der Waals surface area contributed by atoms with Gasteiger partial charge in [-0.05, 0) is 32.0 Å². The van der Waals surface area contributed by atoms with Crippen molar-refractivity contribution in [2.75, 3.05) is 20.1 Å². The number of halogens is 1. The van der Waals surface area contributed by atoms with E-state index < -0.39 is 0 Å². The molecule has 1 amide bonds. The largest absolute Gasteiger partial charge is 0.350 e. The van der Waals surface area contributed by atoms with Crippen molar-refractivity contribution in [3.63, 3.8) is 0 Å². The number of hydrogen-bond acceptors (Lipinski definition) is 4. The van der Waals surface area contributed by atoms with Gasteiger partial charge in [0.15, 0.2) is 5.65 Å². The highest BCUT2D eigenvalue weighted by Crippen LogP contribution is 2.17. The van der Waals surface area contributed by atoms with Crippen LogP contribution in [-0.4, -0.2) is 51.2 Å². The molecular weight excluding hydrogens is 318 g/mol. The molecule has 2 aromatic heterocycles. The first-order valence-corrected chi connectivity index (χ1v) is 7.69. The van der Waals surface area contributed by atoms with E-state index in [9.17, 15) is 9.59 Å². The van der Waals surface area contributed by atoms with Crippen LogP contribution in [0.2, 0.25) is 0 Å². The molecule has 1 aliphatic rings. The zero-order valence-corrected chi connectivity index (χ0v) is 14.0. The molecule has 0 saturated carbocycles. The second-order valence-corrected chi connectivity index (χ2v) is 5.63. The van der Waals surface area contributed by atoms with Crippen LogP contribution in [0.25, 0.3) is 5.65 Å². The average Bonchev–Trinajstić information content (AvgIpc) is 3.11. The number of hydrogen-bond donors (Lipinski definition) is 1. The summed E-state index contributed by atoms with van der Waals surface area (Å²) in [6, 6.07) is 5.68. The van der Waals surface area contributed by atoms with Gasteiger partial charge in [0.05, 0.1) is 6.54 Å². The van der Waals surface area contributed by atoms with Gasteiger partial charge in [0.1, 0.15) is 0 Å². The highest BCUT2D eigenvalue weighted by atomic mass is 35.5. The molecule has 1 fully saturated rings. The summed E-state index contributed by atoms with van der Waals surface area (Å²) in [6.45, 7) is 1.95. The molecule has 0 bridgehead atoms. The molecule has 8 heteroatoms. The number of pyridine rings is 1. The van der Waals surface area contributed by atoms with Crippen molar-refractivity contribution in [2.45, 2.75) is 31.8 Å². The Hall–Kier alpha value is -1.86. The number of likely N-dealkylation sites (tertiary alicyclic amines) is 1. The SMILES string of the molecule is CNCC1CCCN1C(=O)CCn1nc2ccccn2c1=O.Cl. The average molecular weight is 340 g/mol. The fraction of sp³-hybridized carbons (Fsp3) is 0.533. The van der Waals surface area contributed by atoms with Crippen molar-refractivity contribution >= 4 is 24.0 Å². The zero-order chi connectivity index (χ0) is 15.5. The number of rotatable bonds is 5. The van der Waals surface area contributed by atoms with E-state index in [0.717, 1.165) is 25.9 Å². The summed E-state index contributed by atoms with van der Waals surface area (Å²) >= 11 is 0. The molecule has 2 aromatic rings. The second-order valence-electron chi connectivity index (χ2n) is 5.63. The van der Waals surface area contributed by atoms with Crippen LogP contribution >= 0.6 is 12.4 Å². The summed E-state index contributed by atoms with van der Waals surface area (Å²) in [5.74, 6) is 0.0988. The lowest BCUT2D eigenvalue weighted by atomic mass is 10.2. The van der Waals surface area contributed by atoms with Gasteiger partial charge in [-0.1, -0.05) is 6.07 Å². The third-order valence-corrected chi connectivity index (χ3v) is 4.16. The summed E-state index contributed by atoms with van der Waals surface area (Å²) in [6.07, 6.45) is 4.09. The topological polar surface area (TPSA) is 71.6 Å². The highest BCUT2D eigenvalue weighted by Gasteiger charge is 2.27. The van der Waals surface area contributed by atoms with E-state index in [-0.39, 0.29) is 30.0 Å². The Balaban J connectivity index is 0.00000192. The minimum absolute atomic E-state index is 0. The van der Waals surface area contributed by atoms with Gasteiger partial charge >= 0.3 is 5.69 Å². The van der Waals surface area contributed by atoms with Gasteiger partial charge in [-0.3, -0.25) is 9.20 Å². The van der Waals surface area contributed by atoms with Crippen LogP contribution in [0.1, 0.15) is 19.3 Å². The van der Waals surface area contributed by atoms with Gasteiger partial charge in [0.2, 0.25) is 5.91 Å². The predicted octanol–water partition coefficient (Wildman–Crippen LogP) is 0.518. The lowest BCUT2D eigenvalue weighted by Crippen LogP contribution is -2.41. The van der Waals surface area contributed by atoms with Crippen LogP contribution < -0.4 is 11.0 Å². The number of fused-ring (bicyclic) bond motifs is 1. The standard InChI is InChI=1S/C15H21N5O2.ClH/c1-16-11-12-5-4-9-18(12)14(21)7-10-20-15(22)19-8-3-2-6-13(19)17-20;/h2-3,6,8,12,16H,4-5,7,9-11H2,1H3;1H. The first-order chi connectivity index (χ1) is 10.7. The number of aromatic nitrogens is 3. The van der Waals surface area contributed by atoms with E-state index in [1.807, 2.05) is 18.0 Å². The van der Waals surface area contributed by atoms with Crippen molar-refractivity contribution in [3.8, 4) is 0 Å². The molecule has 126 valence electrons. The van der Waals surface area contributed by atoms with E-state index >= 15 is 0 Å². The van der Waals surface area contributed by atoms with Crippen LogP contribution in [0, 0.1) is 0 Å². The second kappa shape index (κ2) is 7.61. The molecule has 3 rings (SSSR count). The third kappa shape index (κ3) is 3.56. The van der Waals surface area contributed by atoms with Gasteiger partial charge < -0.3 is 10.2 Å². The van der Waals surface area contributed by atoms with Gasteiger partial charge in [-0.2, -0.15) is 0 Å². The van der Waals surface area contributed by atoms with E-state index in [2.05, 4.69) is 10.4 Å². The fourth-order valence-corrected chi connectivity index (χ4v) is 3.07.